The minimum Gasteiger partial charge on any atom is -0.492 e. The summed E-state index contributed by atoms with van der Waals surface area (Å²) >= 11 is 1.63. The standard InChI is InChI=1S/C20H30N4O2S.HI/c1-6-21-20(22-11-12-26-18-9-7-15(2)8-10-18)24(4)13-17-14-27-19(23-17)16(3)25-5;/h7-10,14,16H,6,11-13H2,1-5H3,(H,21,22);1H. The Morgan fingerprint density at radius 3 is 2.68 bits per heavy atom. The molecule has 1 unspecified atom stereocenters. The second-order valence-corrected chi connectivity index (χ2v) is 7.20. The van der Waals surface area contributed by atoms with E-state index < -0.39 is 0 Å². The number of aromatic nitrogens is 1. The van der Waals surface area contributed by atoms with Gasteiger partial charge >= 0.3 is 0 Å². The van der Waals surface area contributed by atoms with Crippen molar-refractivity contribution in [1.29, 1.82) is 0 Å². The van der Waals surface area contributed by atoms with Crippen LogP contribution in [0.5, 0.6) is 5.75 Å². The number of hydrogen-bond donors (Lipinski definition) is 1. The van der Waals surface area contributed by atoms with E-state index in [0.29, 0.717) is 19.7 Å². The van der Waals surface area contributed by atoms with E-state index in [4.69, 9.17) is 9.47 Å². The van der Waals surface area contributed by atoms with Crippen LogP contribution >= 0.6 is 35.3 Å². The number of methoxy groups -OCH3 is 1. The Morgan fingerprint density at radius 1 is 1.32 bits per heavy atom. The largest absolute Gasteiger partial charge is 0.492 e. The molecule has 1 aromatic heterocycles. The second kappa shape index (κ2) is 12.9. The number of nitrogens with zero attached hydrogens (tertiary/aromatic N) is 3. The zero-order valence-corrected chi connectivity index (χ0v) is 20.4. The maximum Gasteiger partial charge on any atom is 0.194 e. The maximum absolute atomic E-state index is 5.75. The average molecular weight is 518 g/mol. The van der Waals surface area contributed by atoms with Crippen molar-refractivity contribution in [3.8, 4) is 5.75 Å². The molecule has 2 rings (SSSR count). The Kier molecular flexibility index (Phi) is 11.4. The van der Waals surface area contributed by atoms with Gasteiger partial charge in [0.1, 0.15) is 23.5 Å². The zero-order chi connectivity index (χ0) is 19.6. The molecule has 2 aromatic rings. The third-order valence-corrected chi connectivity index (χ3v) is 5.06. The Balaban J connectivity index is 0.00000392. The van der Waals surface area contributed by atoms with Crippen molar-refractivity contribution >= 4 is 41.3 Å². The third kappa shape index (κ3) is 7.92. The summed E-state index contributed by atoms with van der Waals surface area (Å²) < 4.78 is 11.1. The summed E-state index contributed by atoms with van der Waals surface area (Å²) in [6.45, 7) is 8.76. The third-order valence-electron chi connectivity index (χ3n) is 4.01. The van der Waals surface area contributed by atoms with Crippen molar-refractivity contribution < 1.29 is 9.47 Å². The van der Waals surface area contributed by atoms with Crippen molar-refractivity contribution in [2.45, 2.75) is 33.4 Å². The second-order valence-electron chi connectivity index (χ2n) is 6.31. The highest BCUT2D eigenvalue weighted by Gasteiger charge is 2.12. The molecule has 1 heterocycles. The van der Waals surface area contributed by atoms with Crippen LogP contribution in [0.4, 0.5) is 0 Å². The van der Waals surface area contributed by atoms with Crippen molar-refractivity contribution in [2.24, 2.45) is 4.99 Å². The highest BCUT2D eigenvalue weighted by atomic mass is 127. The highest BCUT2D eigenvalue weighted by molar-refractivity contribution is 14.0. The first-order valence-electron chi connectivity index (χ1n) is 9.19. The monoisotopic (exact) mass is 518 g/mol. The molecule has 1 N–H and O–H groups in total. The van der Waals surface area contributed by atoms with Crippen LogP contribution in [0.3, 0.4) is 0 Å². The van der Waals surface area contributed by atoms with Crippen LogP contribution in [0.15, 0.2) is 34.6 Å². The number of guanidine groups is 1. The molecule has 1 atom stereocenters. The molecular formula is C20H31IN4O2S. The molecule has 0 radical (unpaired) electrons. The molecule has 0 saturated heterocycles. The lowest BCUT2D eigenvalue weighted by atomic mass is 10.2. The van der Waals surface area contributed by atoms with Gasteiger partial charge in [0.25, 0.3) is 0 Å². The van der Waals surface area contributed by atoms with Crippen LogP contribution in [0.2, 0.25) is 0 Å². The number of hydrogen-bond acceptors (Lipinski definition) is 5. The van der Waals surface area contributed by atoms with Crippen LogP contribution in [0.25, 0.3) is 0 Å². The Bertz CT molecular complexity index is 721. The van der Waals surface area contributed by atoms with Crippen LogP contribution in [0, 0.1) is 6.92 Å². The summed E-state index contributed by atoms with van der Waals surface area (Å²) in [5.74, 6) is 1.72. The number of aliphatic imine (C=N–C) groups is 1. The van der Waals surface area contributed by atoms with Crippen molar-refractivity contribution in [3.05, 3.63) is 45.9 Å². The van der Waals surface area contributed by atoms with Crippen LogP contribution < -0.4 is 10.1 Å². The van der Waals surface area contributed by atoms with E-state index in [1.807, 2.05) is 38.2 Å². The smallest absolute Gasteiger partial charge is 0.194 e. The quantitative estimate of drug-likeness (QED) is 0.233. The molecule has 6 nitrogen and oxygen atoms in total. The molecule has 0 spiro atoms. The van der Waals surface area contributed by atoms with E-state index in [1.165, 1.54) is 5.56 Å². The first kappa shape index (κ1) is 24.6. The SMILES string of the molecule is CCNC(=NCCOc1ccc(C)cc1)N(C)Cc1csc(C(C)OC)n1.I. The van der Waals surface area contributed by atoms with Gasteiger partial charge < -0.3 is 19.7 Å². The summed E-state index contributed by atoms with van der Waals surface area (Å²) in [4.78, 5) is 11.4. The number of ether oxygens (including phenoxy) is 2. The molecule has 1 aromatic carbocycles. The van der Waals surface area contributed by atoms with E-state index in [2.05, 4.69) is 39.4 Å². The van der Waals surface area contributed by atoms with Gasteiger partial charge in [-0.2, -0.15) is 0 Å². The predicted molar refractivity (Wildman–Crippen MR) is 127 cm³/mol. The summed E-state index contributed by atoms with van der Waals surface area (Å²) in [6, 6.07) is 8.06. The summed E-state index contributed by atoms with van der Waals surface area (Å²) in [7, 11) is 3.72. The molecule has 0 amide bonds. The first-order chi connectivity index (χ1) is 13.0. The van der Waals surface area contributed by atoms with E-state index in [-0.39, 0.29) is 30.1 Å². The number of halogens is 1. The van der Waals surface area contributed by atoms with Gasteiger partial charge in [0.05, 0.1) is 18.8 Å². The van der Waals surface area contributed by atoms with Crippen molar-refractivity contribution in [2.75, 3.05) is 33.9 Å². The fraction of sp³-hybridized carbons (Fsp3) is 0.500. The molecule has 0 aliphatic heterocycles. The molecule has 0 bridgehead atoms. The molecule has 0 aliphatic carbocycles. The lowest BCUT2D eigenvalue weighted by Crippen LogP contribution is -2.38. The Labute approximate surface area is 189 Å². The minimum absolute atomic E-state index is 0. The summed E-state index contributed by atoms with van der Waals surface area (Å²) in [6.07, 6.45) is 0.0230. The van der Waals surface area contributed by atoms with Gasteiger partial charge in [-0.3, -0.25) is 0 Å². The van der Waals surface area contributed by atoms with E-state index in [1.54, 1.807) is 18.4 Å². The van der Waals surface area contributed by atoms with E-state index in [0.717, 1.165) is 29.0 Å². The molecular weight excluding hydrogens is 487 g/mol. The number of thiazole rings is 1. The van der Waals surface area contributed by atoms with Crippen LogP contribution in [-0.4, -0.2) is 49.7 Å². The van der Waals surface area contributed by atoms with Gasteiger partial charge in [0.15, 0.2) is 5.96 Å². The molecule has 0 fully saturated rings. The van der Waals surface area contributed by atoms with Gasteiger partial charge in [-0.25, -0.2) is 9.98 Å². The lowest BCUT2D eigenvalue weighted by molar-refractivity contribution is 0.119. The molecule has 8 heteroatoms. The van der Waals surface area contributed by atoms with Crippen molar-refractivity contribution in [1.82, 2.24) is 15.2 Å². The normalized spacial score (nSPS) is 12.2. The lowest BCUT2D eigenvalue weighted by Gasteiger charge is -2.21. The van der Waals surface area contributed by atoms with Crippen LogP contribution in [-0.2, 0) is 11.3 Å². The number of nitrogens with one attached hydrogen (secondary N) is 1. The summed E-state index contributed by atoms with van der Waals surface area (Å²) in [5, 5.41) is 6.39. The minimum atomic E-state index is 0. The van der Waals surface area contributed by atoms with Gasteiger partial charge in [0.2, 0.25) is 0 Å². The van der Waals surface area contributed by atoms with Gasteiger partial charge in [-0.05, 0) is 32.9 Å². The molecule has 28 heavy (non-hydrogen) atoms. The number of rotatable bonds is 9. The highest BCUT2D eigenvalue weighted by Crippen LogP contribution is 2.20. The van der Waals surface area contributed by atoms with Gasteiger partial charge in [-0.1, -0.05) is 17.7 Å². The maximum atomic E-state index is 5.75. The van der Waals surface area contributed by atoms with Gasteiger partial charge in [0, 0.05) is 26.1 Å². The van der Waals surface area contributed by atoms with Gasteiger partial charge in [-0.15, -0.1) is 35.3 Å². The summed E-state index contributed by atoms with van der Waals surface area (Å²) in [5.41, 5.74) is 2.24. The molecule has 0 aliphatic rings. The van der Waals surface area contributed by atoms with Crippen LogP contribution in [0.1, 0.15) is 36.2 Å². The number of aryl methyl sites for hydroxylation is 1. The molecule has 0 saturated carbocycles. The Morgan fingerprint density at radius 2 is 2.04 bits per heavy atom. The zero-order valence-electron chi connectivity index (χ0n) is 17.3. The van der Waals surface area contributed by atoms with Crippen molar-refractivity contribution in [3.63, 3.8) is 0 Å². The molecule has 156 valence electrons. The predicted octanol–water partition coefficient (Wildman–Crippen LogP) is 4.25. The van der Waals surface area contributed by atoms with E-state index in [9.17, 15) is 0 Å². The topological polar surface area (TPSA) is 59.0 Å². The fourth-order valence-corrected chi connectivity index (χ4v) is 3.26. The first-order valence-corrected chi connectivity index (χ1v) is 10.1. The van der Waals surface area contributed by atoms with E-state index >= 15 is 0 Å². The number of benzene rings is 1. The Hall–Kier alpha value is -1.39. The average Bonchev–Trinajstić information content (AvgIpc) is 3.13. The fourth-order valence-electron chi connectivity index (χ4n) is 2.42.